The summed E-state index contributed by atoms with van der Waals surface area (Å²) in [6.07, 6.45) is -3.03. The van der Waals surface area contributed by atoms with E-state index in [0.717, 1.165) is 10.3 Å². The van der Waals surface area contributed by atoms with E-state index in [0.29, 0.717) is 5.82 Å². The highest BCUT2D eigenvalue weighted by Crippen LogP contribution is 2.30. The van der Waals surface area contributed by atoms with Crippen molar-refractivity contribution in [1.82, 2.24) is 9.55 Å². The van der Waals surface area contributed by atoms with Gasteiger partial charge in [-0.25, -0.2) is 4.79 Å². The first kappa shape index (κ1) is 18.1. The van der Waals surface area contributed by atoms with Gasteiger partial charge in [0.25, 0.3) is 0 Å². The molecule has 0 radical (unpaired) electrons. The summed E-state index contributed by atoms with van der Waals surface area (Å²) in [5.41, 5.74) is 0.111. The van der Waals surface area contributed by atoms with Gasteiger partial charge in [0, 0.05) is 18.8 Å². The molecule has 0 unspecified atom stereocenters. The van der Waals surface area contributed by atoms with Crippen molar-refractivity contribution in [2.75, 3.05) is 11.9 Å². The summed E-state index contributed by atoms with van der Waals surface area (Å²) in [5.74, 6) is -0.287. The van der Waals surface area contributed by atoms with E-state index in [1.54, 1.807) is 6.07 Å². The summed E-state index contributed by atoms with van der Waals surface area (Å²) in [5, 5.41) is 22.7. The van der Waals surface area contributed by atoms with Gasteiger partial charge in [0.1, 0.15) is 18.0 Å². The zero-order chi connectivity index (χ0) is 18.7. The second kappa shape index (κ2) is 7.65. The van der Waals surface area contributed by atoms with Crippen LogP contribution in [0.15, 0.2) is 47.4 Å². The Morgan fingerprint density at radius 1 is 1.35 bits per heavy atom. The molecular weight excluding hydrogens is 342 g/mol. The Labute approximate surface area is 148 Å². The van der Waals surface area contributed by atoms with Crippen molar-refractivity contribution < 1.29 is 24.5 Å². The number of aromatic nitrogens is 2. The average molecular weight is 361 g/mol. The van der Waals surface area contributed by atoms with Crippen LogP contribution in [0, 0.1) is 0 Å². The molecule has 0 aliphatic carbocycles. The largest absolute Gasteiger partial charge is 0.457 e. The third-order valence-corrected chi connectivity index (χ3v) is 3.94. The van der Waals surface area contributed by atoms with Crippen LogP contribution in [0.3, 0.4) is 0 Å². The van der Waals surface area contributed by atoms with Crippen molar-refractivity contribution in [3.8, 4) is 0 Å². The fourth-order valence-corrected chi connectivity index (χ4v) is 2.78. The van der Waals surface area contributed by atoms with Crippen molar-refractivity contribution in [2.24, 2.45) is 0 Å². The molecule has 4 atom stereocenters. The molecular formula is C17H19N3O6. The molecule has 2 aromatic rings. The standard InChI is InChI=1S/C17H19N3O6/c1-10(22)25-15-12(9-21)26-16(14(15)23)20-8-7-13(19-17(20)24)18-11-5-3-2-4-6-11/h2-8,12,14-16,21,23H,9H2,1H3,(H,18,19,24)/t12-,14+,15-,16-/m1/s1. The first-order chi connectivity index (χ1) is 12.5. The average Bonchev–Trinajstić information content (AvgIpc) is 2.91. The van der Waals surface area contributed by atoms with Crippen molar-refractivity contribution in [3.05, 3.63) is 53.1 Å². The number of nitrogens with one attached hydrogen (secondary N) is 1. The van der Waals surface area contributed by atoms with E-state index in [2.05, 4.69) is 10.3 Å². The van der Waals surface area contributed by atoms with Gasteiger partial charge in [0.2, 0.25) is 0 Å². The minimum atomic E-state index is -1.32. The molecule has 1 aromatic heterocycles. The van der Waals surface area contributed by atoms with Crippen LogP contribution in [0.4, 0.5) is 11.5 Å². The SMILES string of the molecule is CC(=O)O[C@H]1[C@H](O)[C@H](n2ccc(Nc3ccccc3)nc2=O)O[C@@H]1CO. The summed E-state index contributed by atoms with van der Waals surface area (Å²) in [7, 11) is 0. The first-order valence-corrected chi connectivity index (χ1v) is 8.02. The van der Waals surface area contributed by atoms with E-state index in [1.807, 2.05) is 30.3 Å². The zero-order valence-corrected chi connectivity index (χ0v) is 14.0. The molecule has 9 heteroatoms. The number of nitrogens with zero attached hydrogens (tertiary/aromatic N) is 2. The molecule has 26 heavy (non-hydrogen) atoms. The van der Waals surface area contributed by atoms with E-state index < -0.39 is 42.8 Å². The van der Waals surface area contributed by atoms with E-state index in [-0.39, 0.29) is 0 Å². The Hall–Kier alpha value is -2.75. The Bertz CT molecular complexity index is 825. The quantitative estimate of drug-likeness (QED) is 0.644. The summed E-state index contributed by atoms with van der Waals surface area (Å²) in [6, 6.07) is 10.8. The van der Waals surface area contributed by atoms with E-state index in [9.17, 15) is 19.8 Å². The van der Waals surface area contributed by atoms with Gasteiger partial charge in [-0.15, -0.1) is 0 Å². The minimum Gasteiger partial charge on any atom is -0.457 e. The van der Waals surface area contributed by atoms with Gasteiger partial charge < -0.3 is 25.0 Å². The van der Waals surface area contributed by atoms with E-state index >= 15 is 0 Å². The Morgan fingerprint density at radius 3 is 2.69 bits per heavy atom. The van der Waals surface area contributed by atoms with Crippen LogP contribution in [0.2, 0.25) is 0 Å². The van der Waals surface area contributed by atoms with Crippen LogP contribution >= 0.6 is 0 Å². The van der Waals surface area contributed by atoms with Crippen molar-refractivity contribution in [3.63, 3.8) is 0 Å². The van der Waals surface area contributed by atoms with E-state index in [4.69, 9.17) is 9.47 Å². The molecule has 0 saturated carbocycles. The number of benzene rings is 1. The molecule has 1 aromatic carbocycles. The van der Waals surface area contributed by atoms with Crippen LogP contribution in [0.25, 0.3) is 0 Å². The molecule has 3 rings (SSSR count). The molecule has 1 aliphatic rings. The fourth-order valence-electron chi connectivity index (χ4n) is 2.78. The maximum atomic E-state index is 12.3. The number of carbonyl (C=O) groups is 1. The second-order valence-corrected chi connectivity index (χ2v) is 5.81. The molecule has 1 saturated heterocycles. The van der Waals surface area contributed by atoms with Crippen molar-refractivity contribution >= 4 is 17.5 Å². The predicted octanol–water partition coefficient (Wildman–Crippen LogP) is 0.169. The maximum Gasteiger partial charge on any atom is 0.351 e. The fraction of sp³-hybridized carbons (Fsp3) is 0.353. The van der Waals surface area contributed by atoms with Crippen LogP contribution in [-0.2, 0) is 14.3 Å². The molecule has 1 fully saturated rings. The topological polar surface area (TPSA) is 123 Å². The third kappa shape index (κ3) is 3.74. The normalized spacial score (nSPS) is 25.0. The number of aliphatic hydroxyl groups is 2. The van der Waals surface area contributed by atoms with Crippen LogP contribution < -0.4 is 11.0 Å². The zero-order valence-electron chi connectivity index (χ0n) is 14.0. The van der Waals surface area contributed by atoms with Crippen molar-refractivity contribution in [2.45, 2.75) is 31.5 Å². The lowest BCUT2D eigenvalue weighted by Gasteiger charge is -2.19. The number of anilines is 2. The monoisotopic (exact) mass is 361 g/mol. The van der Waals surface area contributed by atoms with Crippen LogP contribution in [-0.4, -0.2) is 50.7 Å². The number of aliphatic hydroxyl groups excluding tert-OH is 2. The summed E-state index contributed by atoms with van der Waals surface area (Å²) in [4.78, 5) is 27.4. The Balaban J connectivity index is 1.81. The van der Waals surface area contributed by atoms with Gasteiger partial charge in [-0.1, -0.05) is 18.2 Å². The highest BCUT2D eigenvalue weighted by atomic mass is 16.6. The lowest BCUT2D eigenvalue weighted by atomic mass is 10.1. The Morgan fingerprint density at radius 2 is 2.08 bits per heavy atom. The smallest absolute Gasteiger partial charge is 0.351 e. The summed E-state index contributed by atoms with van der Waals surface area (Å²) in [6.45, 7) is 0.716. The molecule has 9 nitrogen and oxygen atoms in total. The molecule has 1 aliphatic heterocycles. The number of rotatable bonds is 5. The third-order valence-electron chi connectivity index (χ3n) is 3.94. The number of hydrogen-bond acceptors (Lipinski definition) is 8. The van der Waals surface area contributed by atoms with Gasteiger partial charge in [-0.05, 0) is 18.2 Å². The highest BCUT2D eigenvalue weighted by molar-refractivity contribution is 5.66. The molecule has 2 heterocycles. The van der Waals surface area contributed by atoms with Gasteiger partial charge >= 0.3 is 11.7 Å². The van der Waals surface area contributed by atoms with Gasteiger partial charge in [-0.3, -0.25) is 9.36 Å². The number of ether oxygens (including phenoxy) is 2. The number of para-hydroxylation sites is 1. The Kier molecular flexibility index (Phi) is 5.31. The maximum absolute atomic E-state index is 12.3. The van der Waals surface area contributed by atoms with E-state index in [1.165, 1.54) is 13.1 Å². The van der Waals surface area contributed by atoms with Gasteiger partial charge in [0.05, 0.1) is 6.61 Å². The number of carbonyl (C=O) groups excluding carboxylic acids is 1. The van der Waals surface area contributed by atoms with Crippen LogP contribution in [0.5, 0.6) is 0 Å². The molecule has 0 bridgehead atoms. The van der Waals surface area contributed by atoms with Crippen LogP contribution in [0.1, 0.15) is 13.2 Å². The number of esters is 1. The molecule has 0 spiro atoms. The highest BCUT2D eigenvalue weighted by Gasteiger charge is 2.47. The molecule has 0 amide bonds. The minimum absolute atomic E-state index is 0.334. The summed E-state index contributed by atoms with van der Waals surface area (Å²) >= 11 is 0. The lowest BCUT2D eigenvalue weighted by molar-refractivity contribution is -0.153. The van der Waals surface area contributed by atoms with Crippen molar-refractivity contribution in [1.29, 1.82) is 0 Å². The summed E-state index contributed by atoms with van der Waals surface area (Å²) < 4.78 is 11.6. The first-order valence-electron chi connectivity index (χ1n) is 8.02. The second-order valence-electron chi connectivity index (χ2n) is 5.81. The van der Waals surface area contributed by atoms with Gasteiger partial charge in [0.15, 0.2) is 12.3 Å². The lowest BCUT2D eigenvalue weighted by Crippen LogP contribution is -2.38. The molecule has 3 N–H and O–H groups in total. The van der Waals surface area contributed by atoms with Gasteiger partial charge in [-0.2, -0.15) is 4.98 Å². The molecule has 138 valence electrons. The number of hydrogen-bond donors (Lipinski definition) is 3. The predicted molar refractivity (Wildman–Crippen MR) is 90.8 cm³/mol.